The van der Waals surface area contributed by atoms with E-state index in [2.05, 4.69) is 10.2 Å². The molecule has 1 saturated carbocycles. The molecule has 0 atom stereocenters. The van der Waals surface area contributed by atoms with Gasteiger partial charge in [-0.3, -0.25) is 14.7 Å². The first-order valence-electron chi connectivity index (χ1n) is 9.96. The van der Waals surface area contributed by atoms with Crippen LogP contribution in [0.15, 0.2) is 48.5 Å². The van der Waals surface area contributed by atoms with Crippen molar-refractivity contribution in [3.63, 3.8) is 0 Å². The standard InChI is InChI=1S/C22H23N5O2/c23-22(9-10-22)21(29)27-13-11-26(12-14-27)20(28)16-7-5-15(6-8-16)19-17-3-1-2-4-18(17)24-25-19/h1-8H,9-14,23H2,(H,24,25). The van der Waals surface area contributed by atoms with Gasteiger partial charge in [0.15, 0.2) is 0 Å². The van der Waals surface area contributed by atoms with E-state index in [-0.39, 0.29) is 11.8 Å². The largest absolute Gasteiger partial charge is 0.338 e. The van der Waals surface area contributed by atoms with E-state index in [1.54, 1.807) is 9.80 Å². The molecule has 1 saturated heterocycles. The smallest absolute Gasteiger partial charge is 0.253 e. The number of rotatable bonds is 3. The molecule has 2 fully saturated rings. The Morgan fingerprint density at radius 2 is 1.59 bits per heavy atom. The van der Waals surface area contributed by atoms with Crippen LogP contribution < -0.4 is 5.73 Å². The molecule has 1 aliphatic heterocycles. The first-order chi connectivity index (χ1) is 14.0. The summed E-state index contributed by atoms with van der Waals surface area (Å²) in [6, 6.07) is 15.5. The van der Waals surface area contributed by atoms with Gasteiger partial charge in [0.05, 0.1) is 16.7 Å². The Morgan fingerprint density at radius 1 is 0.931 bits per heavy atom. The number of carbonyl (C=O) groups excluding carboxylic acids is 2. The number of nitrogens with zero attached hydrogens (tertiary/aromatic N) is 3. The molecule has 2 heterocycles. The van der Waals surface area contributed by atoms with Gasteiger partial charge in [-0.1, -0.05) is 30.3 Å². The van der Waals surface area contributed by atoms with E-state index < -0.39 is 5.54 Å². The second-order valence-electron chi connectivity index (χ2n) is 7.94. The summed E-state index contributed by atoms with van der Waals surface area (Å²) in [4.78, 5) is 28.8. The van der Waals surface area contributed by atoms with Crippen LogP contribution in [-0.2, 0) is 4.79 Å². The lowest BCUT2D eigenvalue weighted by Gasteiger charge is -2.36. The molecule has 3 aromatic rings. The highest BCUT2D eigenvalue weighted by Crippen LogP contribution is 2.34. The highest BCUT2D eigenvalue weighted by atomic mass is 16.2. The molecule has 2 amide bonds. The van der Waals surface area contributed by atoms with Gasteiger partial charge in [0, 0.05) is 42.7 Å². The minimum Gasteiger partial charge on any atom is -0.338 e. The number of carbonyl (C=O) groups is 2. The van der Waals surface area contributed by atoms with Crippen LogP contribution in [0.2, 0.25) is 0 Å². The quantitative estimate of drug-likeness (QED) is 0.716. The highest BCUT2D eigenvalue weighted by molar-refractivity contribution is 5.97. The number of hydrogen-bond donors (Lipinski definition) is 2. The molecule has 0 radical (unpaired) electrons. The van der Waals surface area contributed by atoms with Crippen molar-refractivity contribution >= 4 is 22.7 Å². The lowest BCUT2D eigenvalue weighted by Crippen LogP contribution is -2.55. The molecule has 0 unspecified atom stereocenters. The molecule has 7 heteroatoms. The van der Waals surface area contributed by atoms with Gasteiger partial charge >= 0.3 is 0 Å². The Morgan fingerprint density at radius 3 is 2.28 bits per heavy atom. The Balaban J connectivity index is 1.27. The van der Waals surface area contributed by atoms with Crippen molar-refractivity contribution in [1.82, 2.24) is 20.0 Å². The monoisotopic (exact) mass is 389 g/mol. The zero-order valence-corrected chi connectivity index (χ0v) is 16.1. The number of H-pyrrole nitrogens is 1. The number of piperazine rings is 1. The SMILES string of the molecule is NC1(C(=O)N2CCN(C(=O)c3ccc(-c4n[nH]c5ccccc45)cc3)CC2)CC1. The molecule has 2 aromatic carbocycles. The van der Waals surface area contributed by atoms with Gasteiger partial charge in [0.1, 0.15) is 0 Å². The van der Waals surface area contributed by atoms with Crippen LogP contribution in [0.4, 0.5) is 0 Å². The molecule has 0 bridgehead atoms. The lowest BCUT2D eigenvalue weighted by atomic mass is 10.0. The predicted molar refractivity (Wildman–Crippen MR) is 110 cm³/mol. The number of aromatic amines is 1. The van der Waals surface area contributed by atoms with Crippen molar-refractivity contribution in [3.05, 3.63) is 54.1 Å². The van der Waals surface area contributed by atoms with Crippen molar-refractivity contribution in [2.45, 2.75) is 18.4 Å². The van der Waals surface area contributed by atoms with Gasteiger partial charge < -0.3 is 15.5 Å². The normalized spacial score (nSPS) is 18.1. The predicted octanol–water partition coefficient (Wildman–Crippen LogP) is 2.01. The fourth-order valence-corrected chi connectivity index (χ4v) is 3.91. The molecule has 148 valence electrons. The third-order valence-corrected chi connectivity index (χ3v) is 5.94. The van der Waals surface area contributed by atoms with Crippen LogP contribution in [0.25, 0.3) is 22.2 Å². The average molecular weight is 389 g/mol. The van der Waals surface area contributed by atoms with E-state index in [4.69, 9.17) is 5.73 Å². The summed E-state index contributed by atoms with van der Waals surface area (Å²) in [6.07, 6.45) is 1.53. The van der Waals surface area contributed by atoms with E-state index >= 15 is 0 Å². The number of nitrogens with one attached hydrogen (secondary N) is 1. The van der Waals surface area contributed by atoms with Crippen molar-refractivity contribution < 1.29 is 9.59 Å². The van der Waals surface area contributed by atoms with Crippen molar-refractivity contribution in [1.29, 1.82) is 0 Å². The maximum Gasteiger partial charge on any atom is 0.253 e. The summed E-state index contributed by atoms with van der Waals surface area (Å²) in [7, 11) is 0. The summed E-state index contributed by atoms with van der Waals surface area (Å²) < 4.78 is 0. The fraction of sp³-hybridized carbons (Fsp3) is 0.318. The van der Waals surface area contributed by atoms with Crippen LogP contribution in [0, 0.1) is 0 Å². The van der Waals surface area contributed by atoms with Crippen molar-refractivity contribution in [2.24, 2.45) is 5.73 Å². The maximum absolute atomic E-state index is 12.9. The number of para-hydroxylation sites is 1. The lowest BCUT2D eigenvalue weighted by molar-refractivity contribution is -0.135. The number of fused-ring (bicyclic) bond motifs is 1. The van der Waals surface area contributed by atoms with Gasteiger partial charge in [-0.2, -0.15) is 5.10 Å². The van der Waals surface area contributed by atoms with E-state index in [1.165, 1.54) is 0 Å². The first-order valence-corrected chi connectivity index (χ1v) is 9.96. The van der Waals surface area contributed by atoms with Gasteiger partial charge in [-0.25, -0.2) is 0 Å². The molecule has 0 spiro atoms. The zero-order chi connectivity index (χ0) is 20.0. The van der Waals surface area contributed by atoms with E-state index in [0.717, 1.165) is 35.0 Å². The van der Waals surface area contributed by atoms with Crippen LogP contribution in [0.3, 0.4) is 0 Å². The molecular weight excluding hydrogens is 366 g/mol. The van der Waals surface area contributed by atoms with Crippen molar-refractivity contribution in [2.75, 3.05) is 26.2 Å². The van der Waals surface area contributed by atoms with E-state index in [1.807, 2.05) is 48.5 Å². The van der Waals surface area contributed by atoms with Crippen LogP contribution in [0.1, 0.15) is 23.2 Å². The second-order valence-corrected chi connectivity index (χ2v) is 7.94. The van der Waals surface area contributed by atoms with Gasteiger partial charge in [0.2, 0.25) is 5.91 Å². The Kier molecular flexibility index (Phi) is 4.13. The Bertz CT molecular complexity index is 1080. The number of amides is 2. The summed E-state index contributed by atoms with van der Waals surface area (Å²) in [5.74, 6) is 0.0181. The summed E-state index contributed by atoms with van der Waals surface area (Å²) in [5, 5.41) is 8.51. The summed E-state index contributed by atoms with van der Waals surface area (Å²) in [6.45, 7) is 2.15. The minimum atomic E-state index is -0.640. The van der Waals surface area contributed by atoms with E-state index in [0.29, 0.717) is 31.7 Å². The third-order valence-electron chi connectivity index (χ3n) is 5.94. The second kappa shape index (κ2) is 6.70. The zero-order valence-electron chi connectivity index (χ0n) is 16.1. The number of benzene rings is 2. The molecule has 2 aliphatic rings. The van der Waals surface area contributed by atoms with Crippen LogP contribution in [0.5, 0.6) is 0 Å². The van der Waals surface area contributed by atoms with Crippen LogP contribution >= 0.6 is 0 Å². The van der Waals surface area contributed by atoms with Gasteiger partial charge in [-0.05, 0) is 31.0 Å². The average Bonchev–Trinajstić information content (AvgIpc) is 3.38. The number of aromatic nitrogens is 2. The fourth-order valence-electron chi connectivity index (χ4n) is 3.91. The molecule has 29 heavy (non-hydrogen) atoms. The van der Waals surface area contributed by atoms with Crippen LogP contribution in [-0.4, -0.2) is 63.5 Å². The molecule has 7 nitrogen and oxygen atoms in total. The molecule has 1 aliphatic carbocycles. The molecule has 5 rings (SSSR count). The van der Waals surface area contributed by atoms with Gasteiger partial charge in [-0.15, -0.1) is 0 Å². The molecular formula is C22H23N5O2. The topological polar surface area (TPSA) is 95.3 Å². The summed E-state index contributed by atoms with van der Waals surface area (Å²) in [5.41, 5.74) is 8.85. The highest BCUT2D eigenvalue weighted by Gasteiger charge is 2.48. The summed E-state index contributed by atoms with van der Waals surface area (Å²) >= 11 is 0. The Hall–Kier alpha value is -3.19. The number of nitrogens with two attached hydrogens (primary N) is 1. The first kappa shape index (κ1) is 17.9. The minimum absolute atomic E-state index is 0.00980. The van der Waals surface area contributed by atoms with E-state index in [9.17, 15) is 9.59 Å². The van der Waals surface area contributed by atoms with Gasteiger partial charge in [0.25, 0.3) is 5.91 Å². The maximum atomic E-state index is 12.9. The Labute approximate surface area is 168 Å². The number of hydrogen-bond acceptors (Lipinski definition) is 4. The molecule has 1 aromatic heterocycles. The third kappa shape index (κ3) is 3.17. The van der Waals surface area contributed by atoms with Crippen molar-refractivity contribution in [3.8, 4) is 11.3 Å². The molecule has 3 N–H and O–H groups in total.